The predicted octanol–water partition coefficient (Wildman–Crippen LogP) is -0.140. The fourth-order valence-corrected chi connectivity index (χ4v) is 1.90. The molecular formula is C12H24N4O2. The first kappa shape index (κ1) is 14.8. The highest BCUT2D eigenvalue weighted by molar-refractivity contribution is 5.78. The van der Waals surface area contributed by atoms with Crippen molar-refractivity contribution >= 4 is 11.9 Å². The molecular weight excluding hydrogens is 232 g/mol. The van der Waals surface area contributed by atoms with Gasteiger partial charge in [0.1, 0.15) is 0 Å². The molecule has 0 aromatic heterocycles. The largest absolute Gasteiger partial charge is 0.355 e. The summed E-state index contributed by atoms with van der Waals surface area (Å²) in [5.74, 6) is 0.0725. The molecule has 6 heteroatoms. The molecule has 0 spiro atoms. The number of hydrogen-bond acceptors (Lipinski definition) is 3. The third-order valence-corrected chi connectivity index (χ3v) is 2.93. The predicted molar refractivity (Wildman–Crippen MR) is 70.4 cm³/mol. The van der Waals surface area contributed by atoms with E-state index in [0.717, 1.165) is 26.1 Å². The van der Waals surface area contributed by atoms with E-state index in [9.17, 15) is 9.59 Å². The summed E-state index contributed by atoms with van der Waals surface area (Å²) < 4.78 is 0. The zero-order valence-corrected chi connectivity index (χ0v) is 11.4. The van der Waals surface area contributed by atoms with Crippen LogP contribution in [0.5, 0.6) is 0 Å². The molecule has 0 radical (unpaired) electrons. The second-order valence-electron chi connectivity index (χ2n) is 4.45. The number of urea groups is 1. The van der Waals surface area contributed by atoms with Crippen LogP contribution in [-0.4, -0.2) is 67.6 Å². The number of hydrogen-bond donors (Lipinski definition) is 2. The maximum Gasteiger partial charge on any atom is 0.317 e. The van der Waals surface area contributed by atoms with Gasteiger partial charge in [0.05, 0.1) is 6.54 Å². The van der Waals surface area contributed by atoms with Crippen molar-refractivity contribution in [2.45, 2.75) is 20.3 Å². The number of nitrogens with zero attached hydrogens (tertiary/aromatic N) is 2. The summed E-state index contributed by atoms with van der Waals surface area (Å²) in [6.07, 6.45) is 0.955. The standard InChI is InChI=1S/C12H24N4O2/c1-3-5-14-11(17)10-15-6-8-16(9-7-15)12(18)13-4-2/h3-10H2,1-2H3,(H,13,18)(H,14,17). The monoisotopic (exact) mass is 256 g/mol. The minimum Gasteiger partial charge on any atom is -0.355 e. The smallest absolute Gasteiger partial charge is 0.317 e. The van der Waals surface area contributed by atoms with Gasteiger partial charge in [-0.25, -0.2) is 4.79 Å². The van der Waals surface area contributed by atoms with Crippen molar-refractivity contribution < 1.29 is 9.59 Å². The van der Waals surface area contributed by atoms with Crippen LogP contribution in [0.25, 0.3) is 0 Å². The van der Waals surface area contributed by atoms with E-state index in [1.54, 1.807) is 4.90 Å². The summed E-state index contributed by atoms with van der Waals surface area (Å²) in [6, 6.07) is -0.00687. The topological polar surface area (TPSA) is 64.7 Å². The fourth-order valence-electron chi connectivity index (χ4n) is 1.90. The van der Waals surface area contributed by atoms with E-state index in [4.69, 9.17) is 0 Å². The molecule has 1 saturated heterocycles. The molecule has 3 amide bonds. The molecule has 1 rings (SSSR count). The van der Waals surface area contributed by atoms with Crippen molar-refractivity contribution in [1.29, 1.82) is 0 Å². The Morgan fingerprint density at radius 2 is 1.72 bits per heavy atom. The first-order valence-electron chi connectivity index (χ1n) is 6.69. The van der Waals surface area contributed by atoms with E-state index in [2.05, 4.69) is 15.5 Å². The molecule has 0 aliphatic carbocycles. The highest BCUT2D eigenvalue weighted by Crippen LogP contribution is 2.01. The SMILES string of the molecule is CCCNC(=O)CN1CCN(C(=O)NCC)CC1. The molecule has 0 bridgehead atoms. The van der Waals surface area contributed by atoms with E-state index in [1.807, 2.05) is 13.8 Å². The Hall–Kier alpha value is -1.30. The number of amides is 3. The lowest BCUT2D eigenvalue weighted by Crippen LogP contribution is -2.53. The minimum absolute atomic E-state index is 0.00687. The number of carbonyl (C=O) groups is 2. The Kier molecular flexibility index (Phi) is 6.49. The Labute approximate surface area is 109 Å². The van der Waals surface area contributed by atoms with Gasteiger partial charge in [-0.2, -0.15) is 0 Å². The van der Waals surface area contributed by atoms with Crippen LogP contribution < -0.4 is 10.6 Å². The van der Waals surface area contributed by atoms with Crippen molar-refractivity contribution in [2.75, 3.05) is 45.8 Å². The van der Waals surface area contributed by atoms with Gasteiger partial charge in [-0.15, -0.1) is 0 Å². The Morgan fingerprint density at radius 1 is 1.06 bits per heavy atom. The van der Waals surface area contributed by atoms with Crippen LogP contribution in [0.2, 0.25) is 0 Å². The summed E-state index contributed by atoms with van der Waals surface area (Å²) in [7, 11) is 0. The van der Waals surface area contributed by atoms with Gasteiger partial charge in [0.2, 0.25) is 5.91 Å². The van der Waals surface area contributed by atoms with E-state index < -0.39 is 0 Å². The second kappa shape index (κ2) is 7.92. The van der Waals surface area contributed by atoms with Gasteiger partial charge < -0.3 is 15.5 Å². The highest BCUT2D eigenvalue weighted by Gasteiger charge is 2.21. The Morgan fingerprint density at radius 3 is 2.28 bits per heavy atom. The highest BCUT2D eigenvalue weighted by atomic mass is 16.2. The van der Waals surface area contributed by atoms with Gasteiger partial charge in [0, 0.05) is 39.3 Å². The summed E-state index contributed by atoms with van der Waals surface area (Å²) in [6.45, 7) is 8.66. The summed E-state index contributed by atoms with van der Waals surface area (Å²) in [4.78, 5) is 27.0. The molecule has 1 heterocycles. The van der Waals surface area contributed by atoms with Crippen LogP contribution in [0.1, 0.15) is 20.3 Å². The van der Waals surface area contributed by atoms with Gasteiger partial charge in [-0.05, 0) is 13.3 Å². The molecule has 0 aromatic rings. The molecule has 0 aromatic carbocycles. The molecule has 2 N–H and O–H groups in total. The molecule has 6 nitrogen and oxygen atoms in total. The van der Waals surface area contributed by atoms with Crippen LogP contribution in [0.15, 0.2) is 0 Å². The molecule has 1 fully saturated rings. The molecule has 1 aliphatic heterocycles. The molecule has 104 valence electrons. The van der Waals surface area contributed by atoms with Gasteiger partial charge >= 0.3 is 6.03 Å². The van der Waals surface area contributed by atoms with Crippen molar-refractivity contribution in [3.8, 4) is 0 Å². The average Bonchev–Trinajstić information content (AvgIpc) is 2.37. The lowest BCUT2D eigenvalue weighted by Gasteiger charge is -2.34. The van der Waals surface area contributed by atoms with E-state index in [1.165, 1.54) is 0 Å². The van der Waals surface area contributed by atoms with Gasteiger partial charge in [0.25, 0.3) is 0 Å². The lowest BCUT2D eigenvalue weighted by atomic mass is 10.3. The van der Waals surface area contributed by atoms with Crippen molar-refractivity contribution in [3.63, 3.8) is 0 Å². The molecule has 0 unspecified atom stereocenters. The molecule has 18 heavy (non-hydrogen) atoms. The number of rotatable bonds is 5. The number of piperazine rings is 1. The first-order valence-corrected chi connectivity index (χ1v) is 6.69. The van der Waals surface area contributed by atoms with Crippen molar-refractivity contribution in [2.24, 2.45) is 0 Å². The third-order valence-electron chi connectivity index (χ3n) is 2.93. The van der Waals surface area contributed by atoms with Gasteiger partial charge in [-0.3, -0.25) is 9.69 Å². The lowest BCUT2D eigenvalue weighted by molar-refractivity contribution is -0.122. The zero-order valence-electron chi connectivity index (χ0n) is 11.4. The van der Waals surface area contributed by atoms with Crippen LogP contribution in [0.3, 0.4) is 0 Å². The quantitative estimate of drug-likeness (QED) is 0.719. The molecule has 0 atom stereocenters. The van der Waals surface area contributed by atoms with E-state index >= 15 is 0 Å². The van der Waals surface area contributed by atoms with Crippen LogP contribution in [0.4, 0.5) is 4.79 Å². The molecule has 1 aliphatic rings. The zero-order chi connectivity index (χ0) is 13.4. The van der Waals surface area contributed by atoms with Crippen LogP contribution in [-0.2, 0) is 4.79 Å². The van der Waals surface area contributed by atoms with Crippen molar-refractivity contribution in [3.05, 3.63) is 0 Å². The van der Waals surface area contributed by atoms with Crippen molar-refractivity contribution in [1.82, 2.24) is 20.4 Å². The summed E-state index contributed by atoms with van der Waals surface area (Å²) >= 11 is 0. The Bertz CT molecular complexity index is 275. The number of nitrogens with one attached hydrogen (secondary N) is 2. The van der Waals surface area contributed by atoms with Crippen LogP contribution >= 0.6 is 0 Å². The second-order valence-corrected chi connectivity index (χ2v) is 4.45. The average molecular weight is 256 g/mol. The fraction of sp³-hybridized carbons (Fsp3) is 0.833. The maximum absolute atomic E-state index is 11.6. The van der Waals surface area contributed by atoms with Crippen LogP contribution in [0, 0.1) is 0 Å². The maximum atomic E-state index is 11.6. The summed E-state index contributed by atoms with van der Waals surface area (Å²) in [5, 5.41) is 5.65. The van der Waals surface area contributed by atoms with E-state index in [-0.39, 0.29) is 11.9 Å². The normalized spacial score (nSPS) is 16.4. The van der Waals surface area contributed by atoms with E-state index in [0.29, 0.717) is 26.2 Å². The summed E-state index contributed by atoms with van der Waals surface area (Å²) in [5.41, 5.74) is 0. The third kappa shape index (κ3) is 4.91. The Balaban J connectivity index is 2.22. The van der Waals surface area contributed by atoms with Gasteiger partial charge in [-0.1, -0.05) is 6.92 Å². The first-order chi connectivity index (χ1) is 8.67. The molecule has 0 saturated carbocycles. The minimum atomic E-state index is -0.00687. The van der Waals surface area contributed by atoms with Gasteiger partial charge in [0.15, 0.2) is 0 Å². The number of carbonyl (C=O) groups excluding carboxylic acids is 2.